The van der Waals surface area contributed by atoms with E-state index in [9.17, 15) is 29.4 Å². The second-order valence-corrected chi connectivity index (χ2v) is 24.5. The van der Waals surface area contributed by atoms with E-state index in [1.807, 2.05) is 125 Å². The van der Waals surface area contributed by atoms with Gasteiger partial charge in [0.15, 0.2) is 17.1 Å². The lowest BCUT2D eigenvalue weighted by molar-refractivity contribution is 0.0499. The van der Waals surface area contributed by atoms with Crippen LogP contribution in [0.5, 0.6) is 5.75 Å². The molecule has 2 atom stereocenters. The summed E-state index contributed by atoms with van der Waals surface area (Å²) < 4.78 is 8.84. The Morgan fingerprint density at radius 3 is 1.79 bits per heavy atom. The van der Waals surface area contributed by atoms with E-state index in [4.69, 9.17) is 4.74 Å². The number of fused-ring (bicyclic) bond motifs is 1. The molecule has 14 heteroatoms. The van der Waals surface area contributed by atoms with E-state index in [1.54, 1.807) is 18.0 Å². The van der Waals surface area contributed by atoms with Crippen LogP contribution in [0, 0.1) is 6.92 Å². The van der Waals surface area contributed by atoms with Crippen LogP contribution in [0.3, 0.4) is 0 Å². The van der Waals surface area contributed by atoms with Crippen LogP contribution in [0.15, 0.2) is 143 Å². The van der Waals surface area contributed by atoms with Crippen molar-refractivity contribution in [3.63, 3.8) is 0 Å². The van der Waals surface area contributed by atoms with Crippen molar-refractivity contribution in [1.29, 1.82) is 0 Å². The number of hydrogen-bond acceptors (Lipinski definition) is 9. The van der Waals surface area contributed by atoms with Gasteiger partial charge in [-0.3, -0.25) is 23.9 Å². The fraction of sp³-hybridized carbons (Fsp3) is 0.358. The fourth-order valence-corrected chi connectivity index (χ4v) is 9.16. The second-order valence-electron chi connectivity index (χ2n) is 18.9. The van der Waals surface area contributed by atoms with Gasteiger partial charge in [-0.05, 0) is 62.9 Å². The molecule has 1 aliphatic heterocycles. The molecule has 1 aliphatic rings. The maximum absolute atomic E-state index is 13.7. The number of aliphatic hydroxyl groups excluding tert-OH is 1. The van der Waals surface area contributed by atoms with Crippen molar-refractivity contribution in [2.75, 3.05) is 19.7 Å². The lowest BCUT2D eigenvalue weighted by Gasteiger charge is -2.40. The summed E-state index contributed by atoms with van der Waals surface area (Å²) in [4.78, 5) is 55.0. The van der Waals surface area contributed by atoms with E-state index in [0.717, 1.165) is 34.5 Å². The molecule has 2 amide bonds. The molecule has 13 nitrogen and oxygen atoms in total. The minimum atomic E-state index is -1.24. The van der Waals surface area contributed by atoms with Gasteiger partial charge in [-0.15, -0.1) is 0 Å². The second kappa shape index (κ2) is 22.3. The molecule has 0 unspecified atom stereocenters. The quantitative estimate of drug-likeness (QED) is 0.0723. The number of rotatable bonds is 16. The molecule has 0 radical (unpaired) electrons. The lowest BCUT2D eigenvalue weighted by Crippen LogP contribution is -2.49. The summed E-state index contributed by atoms with van der Waals surface area (Å²) in [7, 11) is -1.24. The fourth-order valence-electron chi connectivity index (χ4n) is 8.40. The molecule has 0 bridgehead atoms. The van der Waals surface area contributed by atoms with Gasteiger partial charge in [-0.1, -0.05) is 141 Å². The Labute approximate surface area is 394 Å². The standard InChI is InChI=1S/C30H41N3O4Si.C23H23N3O3/c1-22(2)33(20-26(34)27(24-13-9-7-10-14-24)25-15-11-8-12-16-25)30(36)28-29(35)23(3)19-32(31-28)21-37-17-18-38(4,5)6;1-15(2)25-14-18(26-21(23(25)29)22(28)19(27)13-24-26)20(16-9-5-3-6-10-16)17-11-7-4-8-12-17/h7-16,19,22,26-27,34H,17-18,20-21H2,1-6H3;3-13,15,18,20,28H,14H2,1-2H3/t26-;18-/m01/s1. The van der Waals surface area contributed by atoms with E-state index in [2.05, 4.69) is 54.1 Å². The van der Waals surface area contributed by atoms with Gasteiger partial charge >= 0.3 is 0 Å². The predicted octanol–water partition coefficient (Wildman–Crippen LogP) is 8.09. The van der Waals surface area contributed by atoms with E-state index < -0.39 is 36.7 Å². The van der Waals surface area contributed by atoms with Gasteiger partial charge in [0, 0.05) is 63.5 Å². The molecule has 2 N–H and O–H groups in total. The van der Waals surface area contributed by atoms with Gasteiger partial charge in [0.2, 0.25) is 10.9 Å². The zero-order chi connectivity index (χ0) is 48.4. The maximum atomic E-state index is 13.7. The topological polar surface area (TPSA) is 160 Å². The molecule has 2 aromatic heterocycles. The zero-order valence-corrected chi connectivity index (χ0v) is 40.8. The summed E-state index contributed by atoms with van der Waals surface area (Å²) >= 11 is 0. The number of carbonyl (C=O) groups is 2. The number of carbonyl (C=O) groups excluding carboxylic acids is 2. The largest absolute Gasteiger partial charge is 0.502 e. The molecule has 3 heterocycles. The number of aryl methyl sites for hydroxylation is 1. The number of aliphatic hydroxyl groups is 1. The van der Waals surface area contributed by atoms with Gasteiger partial charge in [-0.25, -0.2) is 4.68 Å². The molecular weight excluding hydrogens is 861 g/mol. The van der Waals surface area contributed by atoms with Crippen molar-refractivity contribution in [3.05, 3.63) is 193 Å². The molecule has 0 aliphatic carbocycles. The smallest absolute Gasteiger partial charge is 0.278 e. The summed E-state index contributed by atoms with van der Waals surface area (Å²) in [6.45, 7) is 17.4. The van der Waals surface area contributed by atoms with Crippen LogP contribution >= 0.6 is 0 Å². The number of amides is 2. The lowest BCUT2D eigenvalue weighted by atomic mass is 9.83. The zero-order valence-electron chi connectivity index (χ0n) is 39.8. The molecule has 0 spiro atoms. The van der Waals surface area contributed by atoms with Crippen molar-refractivity contribution in [1.82, 2.24) is 29.4 Å². The number of ether oxygens (including phenoxy) is 1. The highest BCUT2D eigenvalue weighted by molar-refractivity contribution is 6.76. The Kier molecular flexibility index (Phi) is 16.7. The average molecular weight is 925 g/mol. The molecule has 4 aromatic carbocycles. The summed E-state index contributed by atoms with van der Waals surface area (Å²) in [6.07, 6.45) is 1.79. The van der Waals surface area contributed by atoms with Crippen LogP contribution in [0.4, 0.5) is 0 Å². The average Bonchev–Trinajstić information content (AvgIpc) is 3.31. The van der Waals surface area contributed by atoms with Crippen LogP contribution in [-0.4, -0.2) is 97.3 Å². The minimum Gasteiger partial charge on any atom is -0.502 e. The molecule has 67 heavy (non-hydrogen) atoms. The number of aromatic nitrogens is 4. The number of benzene rings is 4. The molecule has 7 rings (SSSR count). The third-order valence-electron chi connectivity index (χ3n) is 12.0. The van der Waals surface area contributed by atoms with Crippen LogP contribution in [0.25, 0.3) is 0 Å². The van der Waals surface area contributed by atoms with Gasteiger partial charge in [0.25, 0.3) is 11.8 Å². The molecule has 0 saturated carbocycles. The first-order chi connectivity index (χ1) is 32.0. The van der Waals surface area contributed by atoms with Crippen molar-refractivity contribution in [3.8, 4) is 5.75 Å². The van der Waals surface area contributed by atoms with Crippen LogP contribution in [-0.2, 0) is 11.5 Å². The number of aromatic hydroxyl groups is 1. The van der Waals surface area contributed by atoms with Crippen molar-refractivity contribution in [2.45, 2.75) is 103 Å². The Morgan fingerprint density at radius 1 is 0.806 bits per heavy atom. The number of hydrogen-bond donors (Lipinski definition) is 2. The molecule has 6 aromatic rings. The Bertz CT molecular complexity index is 2610. The predicted molar refractivity (Wildman–Crippen MR) is 264 cm³/mol. The summed E-state index contributed by atoms with van der Waals surface area (Å²) in [5, 5.41) is 30.6. The van der Waals surface area contributed by atoms with Crippen LogP contribution < -0.4 is 10.9 Å². The van der Waals surface area contributed by atoms with E-state index in [0.29, 0.717) is 18.7 Å². The van der Waals surface area contributed by atoms with Gasteiger partial charge in [0.1, 0.15) is 6.73 Å². The first kappa shape index (κ1) is 49.9. The SMILES string of the molecule is CC(C)N1C[C@H](C(c2ccccc2)c2ccccc2)n2ncc(=O)c(O)c2C1=O.Cc1cn(COCC[Si](C)(C)C)nc(C(=O)N(C[C@H](O)C(c2ccccc2)c2ccccc2)C(C)C)c1=O. The Morgan fingerprint density at radius 2 is 1.31 bits per heavy atom. The van der Waals surface area contributed by atoms with Gasteiger partial charge in [0.05, 0.1) is 18.3 Å². The summed E-state index contributed by atoms with van der Waals surface area (Å²) in [6, 6.07) is 40.0. The Hall–Kier alpha value is -6.48. The highest BCUT2D eigenvalue weighted by Crippen LogP contribution is 2.39. The monoisotopic (exact) mass is 924 g/mol. The third kappa shape index (κ3) is 12.3. The first-order valence-electron chi connectivity index (χ1n) is 22.9. The van der Waals surface area contributed by atoms with Crippen molar-refractivity contribution < 1.29 is 24.5 Å². The van der Waals surface area contributed by atoms with Crippen LogP contribution in [0.1, 0.15) is 94.4 Å². The highest BCUT2D eigenvalue weighted by atomic mass is 28.3. The maximum Gasteiger partial charge on any atom is 0.278 e. The minimum absolute atomic E-state index is 0.0423. The molecular formula is C53H64N6O7Si. The summed E-state index contributed by atoms with van der Waals surface area (Å²) in [5.41, 5.74) is 3.23. The van der Waals surface area contributed by atoms with E-state index in [1.165, 1.54) is 14.3 Å². The first-order valence-corrected chi connectivity index (χ1v) is 26.6. The molecule has 352 valence electrons. The summed E-state index contributed by atoms with van der Waals surface area (Å²) in [5.74, 6) is -1.87. The van der Waals surface area contributed by atoms with Crippen molar-refractivity contribution >= 4 is 19.9 Å². The highest BCUT2D eigenvalue weighted by Gasteiger charge is 2.40. The van der Waals surface area contributed by atoms with E-state index >= 15 is 0 Å². The third-order valence-corrected chi connectivity index (χ3v) is 13.7. The van der Waals surface area contributed by atoms with Crippen LogP contribution in [0.2, 0.25) is 25.7 Å². The van der Waals surface area contributed by atoms with Gasteiger partial charge in [-0.2, -0.15) is 10.2 Å². The number of nitrogens with zero attached hydrogens (tertiary/aromatic N) is 6. The molecule has 0 saturated heterocycles. The van der Waals surface area contributed by atoms with Gasteiger partial charge < -0.3 is 24.7 Å². The van der Waals surface area contributed by atoms with E-state index in [-0.39, 0.29) is 60.5 Å². The van der Waals surface area contributed by atoms with Crippen molar-refractivity contribution in [2.24, 2.45) is 0 Å². The Balaban J connectivity index is 0.000000228. The normalized spacial score (nSPS) is 14.3. The molecule has 0 fully saturated rings.